The molecular weight excluding hydrogens is 863 g/mol. The van der Waals surface area contributed by atoms with Gasteiger partial charge in [0.25, 0.3) is 11.8 Å². The summed E-state index contributed by atoms with van der Waals surface area (Å²) in [5.41, 5.74) is 8.16. The number of hydrogen-bond donors (Lipinski definition) is 8. The van der Waals surface area contributed by atoms with Crippen LogP contribution in [0.25, 0.3) is 11.1 Å². The predicted molar refractivity (Wildman–Crippen MR) is 256 cm³/mol. The van der Waals surface area contributed by atoms with Crippen molar-refractivity contribution in [2.24, 2.45) is 11.7 Å². The quantitative estimate of drug-likeness (QED) is 0.0396. The molecule has 2 rings (SSSR count). The van der Waals surface area contributed by atoms with E-state index in [1.54, 1.807) is 60.6 Å². The van der Waals surface area contributed by atoms with Gasteiger partial charge in [0.2, 0.25) is 11.8 Å². The molecule has 67 heavy (non-hydrogen) atoms. The molecule has 0 heterocycles. The third kappa shape index (κ3) is 23.5. The molecule has 0 bridgehead atoms. The van der Waals surface area contributed by atoms with E-state index in [1.807, 2.05) is 38.1 Å². The largest absolute Gasteiger partial charge is 0.480 e. The van der Waals surface area contributed by atoms with E-state index in [2.05, 4.69) is 51.0 Å². The number of hydrogen-bond acceptors (Lipinski definition) is 11. The summed E-state index contributed by atoms with van der Waals surface area (Å²) in [4.78, 5) is 91.0. The average Bonchev–Trinajstić information content (AvgIpc) is 3.24. The highest BCUT2D eigenvalue weighted by atomic mass is 16.6. The zero-order chi connectivity index (χ0) is 50.3. The van der Waals surface area contributed by atoms with Crippen molar-refractivity contribution in [1.82, 2.24) is 31.9 Å². The van der Waals surface area contributed by atoms with Crippen LogP contribution in [0.4, 0.5) is 9.59 Å². The van der Waals surface area contributed by atoms with Gasteiger partial charge in [-0.2, -0.15) is 0 Å². The van der Waals surface area contributed by atoms with E-state index >= 15 is 0 Å². The minimum Gasteiger partial charge on any atom is -0.480 e. The molecule has 0 fully saturated rings. The van der Waals surface area contributed by atoms with E-state index in [0.29, 0.717) is 31.2 Å². The van der Waals surface area contributed by atoms with Gasteiger partial charge >= 0.3 is 18.2 Å². The van der Waals surface area contributed by atoms with Gasteiger partial charge in [0, 0.05) is 25.3 Å². The molecule has 9 N–H and O–H groups in total. The molecule has 0 aliphatic rings. The first-order chi connectivity index (χ1) is 31.4. The average molecular weight is 940 g/mol. The number of unbranched alkanes of at least 4 members (excludes halogenated alkanes) is 3. The molecule has 0 radical (unpaired) electrons. The second kappa shape index (κ2) is 28.4. The lowest BCUT2D eigenvalue weighted by Crippen LogP contribution is -2.62. The number of carboxylic acids is 1. The number of carbonyl (C=O) groups excluding carboxylic acids is 6. The molecule has 2 aromatic carbocycles. The molecule has 2 aromatic rings. The second-order valence-corrected chi connectivity index (χ2v) is 19.1. The van der Waals surface area contributed by atoms with Crippen molar-refractivity contribution in [2.45, 2.75) is 169 Å². The highest BCUT2D eigenvalue weighted by Gasteiger charge is 2.34. The van der Waals surface area contributed by atoms with Crippen LogP contribution in [0.2, 0.25) is 0 Å². The summed E-state index contributed by atoms with van der Waals surface area (Å²) in [7, 11) is 0. The first-order valence-corrected chi connectivity index (χ1v) is 23.3. The van der Waals surface area contributed by atoms with E-state index in [9.17, 15) is 38.7 Å². The summed E-state index contributed by atoms with van der Waals surface area (Å²) in [5.74, 6) is -4.43. The summed E-state index contributed by atoms with van der Waals surface area (Å²) in [5, 5.41) is 25.3. The van der Waals surface area contributed by atoms with E-state index in [4.69, 9.17) is 19.9 Å². The van der Waals surface area contributed by atoms with Gasteiger partial charge in [0.05, 0.1) is 6.10 Å². The Bertz CT molecular complexity index is 1890. The molecule has 0 aliphatic heterocycles. The zero-order valence-corrected chi connectivity index (χ0v) is 41.2. The normalized spacial score (nSPS) is 13.8. The molecule has 0 spiro atoms. The molecule has 1 unspecified atom stereocenters. The summed E-state index contributed by atoms with van der Waals surface area (Å²) in [6.45, 7) is 18.6. The maximum atomic E-state index is 14.2. The van der Waals surface area contributed by atoms with Crippen LogP contribution in [0.5, 0.6) is 0 Å². The van der Waals surface area contributed by atoms with E-state index in [1.165, 1.54) is 5.56 Å². The Morgan fingerprint density at radius 2 is 1.13 bits per heavy atom. The van der Waals surface area contributed by atoms with Crippen molar-refractivity contribution in [3.63, 3.8) is 0 Å². The Morgan fingerprint density at radius 1 is 0.627 bits per heavy atom. The van der Waals surface area contributed by atoms with Gasteiger partial charge in [-0.1, -0.05) is 63.6 Å². The maximum Gasteiger partial charge on any atom is 0.407 e. The summed E-state index contributed by atoms with van der Waals surface area (Å²) in [6.07, 6.45) is 0.936. The number of rotatable bonds is 27. The van der Waals surface area contributed by atoms with Gasteiger partial charge in [-0.3, -0.25) is 19.2 Å². The van der Waals surface area contributed by atoms with Crippen LogP contribution < -0.4 is 37.6 Å². The molecule has 18 heteroatoms. The van der Waals surface area contributed by atoms with Crippen LogP contribution in [-0.4, -0.2) is 108 Å². The Labute approximate surface area is 396 Å². The van der Waals surface area contributed by atoms with Crippen LogP contribution in [0.15, 0.2) is 48.5 Å². The smallest absolute Gasteiger partial charge is 0.407 e. The standard InChI is InChI=1S/C49H77N7O11/c1-11-12-17-33-20-22-34(23-21-33)35-24-26-36(27-25-35)41(57)53-37(18-13-15-28-51-46(63)66-48(5,6)7)42(58)55-39(32(4)65-30-31(2)3)43(59)56-40(50)44(60)54-38(45(61)62)19-14-16-29-52-47(64)67-49(8,9)10/h20-27,31-32,37-40H,11-19,28-30,50H2,1-10H3,(H,51,63)(H,52,64)(H,53,57)(H,54,60)(H,55,58)(H,56,59)(H,61,62)/t32-,37+,38+,39?,40-/m1/s1. The second-order valence-electron chi connectivity index (χ2n) is 19.1. The van der Waals surface area contributed by atoms with Gasteiger partial charge in [0.15, 0.2) is 6.17 Å². The molecule has 0 saturated heterocycles. The summed E-state index contributed by atoms with van der Waals surface area (Å²) >= 11 is 0. The highest BCUT2D eigenvalue weighted by Crippen LogP contribution is 2.22. The van der Waals surface area contributed by atoms with Gasteiger partial charge in [0.1, 0.15) is 29.3 Å². The molecule has 6 amide bonds. The van der Waals surface area contributed by atoms with Crippen molar-refractivity contribution < 1.29 is 52.9 Å². The highest BCUT2D eigenvalue weighted by molar-refractivity contribution is 5.99. The third-order valence-electron chi connectivity index (χ3n) is 9.99. The monoisotopic (exact) mass is 940 g/mol. The predicted octanol–water partition coefficient (Wildman–Crippen LogP) is 5.70. The van der Waals surface area contributed by atoms with E-state index < -0.39 is 83.4 Å². The Balaban J connectivity index is 2.23. The molecule has 0 aromatic heterocycles. The lowest BCUT2D eigenvalue weighted by atomic mass is 10.0. The van der Waals surface area contributed by atoms with E-state index in [0.717, 1.165) is 30.4 Å². The van der Waals surface area contributed by atoms with Crippen molar-refractivity contribution >= 4 is 41.8 Å². The number of carboxylic acid groups (broad SMARTS) is 1. The Morgan fingerprint density at radius 3 is 1.61 bits per heavy atom. The Hall–Kier alpha value is -5.75. The van der Waals surface area contributed by atoms with Crippen LogP contribution >= 0.6 is 0 Å². The van der Waals surface area contributed by atoms with Crippen LogP contribution in [0.1, 0.15) is 137 Å². The minimum atomic E-state index is -1.73. The van der Waals surface area contributed by atoms with Crippen LogP contribution in [-0.2, 0) is 39.8 Å². The number of ether oxygens (including phenoxy) is 3. The van der Waals surface area contributed by atoms with Crippen molar-refractivity contribution in [3.8, 4) is 11.1 Å². The first kappa shape index (κ1) is 57.4. The number of alkyl carbamates (subject to hydrolysis) is 2. The van der Waals surface area contributed by atoms with Crippen LogP contribution in [0, 0.1) is 5.92 Å². The Kier molecular flexibility index (Phi) is 24.3. The number of aryl methyl sites for hydroxylation is 1. The molecule has 0 aliphatic carbocycles. The molecule has 5 atom stereocenters. The van der Waals surface area contributed by atoms with Gasteiger partial charge in [-0.15, -0.1) is 0 Å². The van der Waals surface area contributed by atoms with Crippen molar-refractivity contribution in [1.29, 1.82) is 0 Å². The fraction of sp³-hybridized carbons (Fsp3) is 0.612. The first-order valence-electron chi connectivity index (χ1n) is 23.3. The minimum absolute atomic E-state index is 0.00219. The molecule has 0 saturated carbocycles. The number of nitrogens with one attached hydrogen (secondary N) is 6. The third-order valence-corrected chi connectivity index (χ3v) is 9.99. The van der Waals surface area contributed by atoms with Crippen LogP contribution in [0.3, 0.4) is 0 Å². The number of nitrogens with two attached hydrogens (primary N) is 1. The van der Waals surface area contributed by atoms with Gasteiger partial charge < -0.3 is 57.0 Å². The maximum absolute atomic E-state index is 14.2. The van der Waals surface area contributed by atoms with E-state index in [-0.39, 0.29) is 38.5 Å². The fourth-order valence-corrected chi connectivity index (χ4v) is 6.44. The fourth-order valence-electron chi connectivity index (χ4n) is 6.44. The number of amides is 6. The number of aliphatic carboxylic acids is 1. The lowest BCUT2D eigenvalue weighted by Gasteiger charge is -2.29. The zero-order valence-electron chi connectivity index (χ0n) is 41.2. The molecular formula is C49H77N7O11. The van der Waals surface area contributed by atoms with Crippen molar-refractivity contribution in [3.05, 3.63) is 59.7 Å². The molecule has 18 nitrogen and oxygen atoms in total. The van der Waals surface area contributed by atoms with Crippen molar-refractivity contribution in [2.75, 3.05) is 19.7 Å². The lowest BCUT2D eigenvalue weighted by molar-refractivity contribution is -0.142. The molecule has 374 valence electrons. The topological polar surface area (TPSA) is 266 Å². The number of benzene rings is 2. The van der Waals surface area contributed by atoms with Gasteiger partial charge in [-0.25, -0.2) is 14.4 Å². The summed E-state index contributed by atoms with van der Waals surface area (Å²) < 4.78 is 16.4. The van der Waals surface area contributed by atoms with Gasteiger partial charge in [-0.05, 0) is 135 Å². The SMILES string of the molecule is CCCCc1ccc(-c2ccc(C(=O)N[C@@H](CCCCNC(=O)OC(C)(C)C)C(=O)NC(C(=O)N[C@@H](N)C(=O)N[C@@H](CCCCNC(=O)OC(C)(C)C)C(=O)O)[C@@H](C)OCC(C)C)cc2)cc1. The number of carbonyl (C=O) groups is 7. The summed E-state index contributed by atoms with van der Waals surface area (Å²) in [6, 6.07) is 11.3.